The van der Waals surface area contributed by atoms with Gasteiger partial charge in [-0.15, -0.1) is 0 Å². The van der Waals surface area contributed by atoms with E-state index in [2.05, 4.69) is 9.97 Å². The molecule has 5 heteroatoms. The Morgan fingerprint density at radius 1 is 1.47 bits per heavy atom. The first kappa shape index (κ1) is 11.2. The van der Waals surface area contributed by atoms with Gasteiger partial charge in [-0.3, -0.25) is 0 Å². The van der Waals surface area contributed by atoms with Gasteiger partial charge in [-0.05, 0) is 12.5 Å². The number of carbonyl (C=O) groups is 1. The highest BCUT2D eigenvalue weighted by Gasteiger charge is 2.04. The number of hydrogen-bond acceptors (Lipinski definition) is 4. The zero-order valence-electron chi connectivity index (χ0n) is 8.34. The molecule has 0 atom stereocenters. The fraction of sp³-hybridized carbons (Fsp3) is 0.300. The minimum atomic E-state index is -1.37. The Morgan fingerprint density at radius 2 is 2.20 bits per heavy atom. The van der Waals surface area contributed by atoms with Crippen molar-refractivity contribution in [1.82, 2.24) is 9.97 Å². The van der Waals surface area contributed by atoms with Gasteiger partial charge in [-0.1, -0.05) is 13.3 Å². The molecule has 0 fully saturated rings. The van der Waals surface area contributed by atoms with Gasteiger partial charge in [-0.25, -0.2) is 14.8 Å². The molecule has 0 aliphatic rings. The van der Waals surface area contributed by atoms with E-state index in [1.54, 1.807) is 6.07 Å². The summed E-state index contributed by atoms with van der Waals surface area (Å²) >= 11 is 0. The average Bonchev–Trinajstić information content (AvgIpc) is 2.18. The Morgan fingerprint density at radius 3 is 2.80 bits per heavy atom. The van der Waals surface area contributed by atoms with E-state index in [1.807, 2.05) is 6.92 Å². The zero-order valence-corrected chi connectivity index (χ0v) is 8.34. The highest BCUT2D eigenvalue weighted by Crippen LogP contribution is 2.05. The third kappa shape index (κ3) is 3.38. The van der Waals surface area contributed by atoms with Gasteiger partial charge >= 0.3 is 5.97 Å². The maximum absolute atomic E-state index is 10.4. The lowest BCUT2D eigenvalue weighted by Gasteiger charge is -1.98. The minimum absolute atomic E-state index is 0.397. The normalized spacial score (nSPS) is 11.4. The van der Waals surface area contributed by atoms with Crippen molar-refractivity contribution in [2.45, 2.75) is 19.8 Å². The van der Waals surface area contributed by atoms with E-state index < -0.39 is 11.7 Å². The van der Waals surface area contributed by atoms with E-state index in [4.69, 9.17) is 10.2 Å². The summed E-state index contributed by atoms with van der Waals surface area (Å²) in [4.78, 5) is 18.2. The van der Waals surface area contributed by atoms with Crippen molar-refractivity contribution in [2.75, 3.05) is 0 Å². The topological polar surface area (TPSA) is 83.3 Å². The number of carboxylic acid groups (broad SMARTS) is 1. The Hall–Kier alpha value is -1.91. The lowest BCUT2D eigenvalue weighted by Crippen LogP contribution is -1.99. The van der Waals surface area contributed by atoms with Crippen LogP contribution in [-0.4, -0.2) is 26.2 Å². The Kier molecular flexibility index (Phi) is 3.79. The second-order valence-electron chi connectivity index (χ2n) is 3.02. The van der Waals surface area contributed by atoms with Crippen molar-refractivity contribution in [1.29, 1.82) is 0 Å². The van der Waals surface area contributed by atoms with E-state index >= 15 is 0 Å². The second kappa shape index (κ2) is 5.09. The van der Waals surface area contributed by atoms with Crippen LogP contribution >= 0.6 is 0 Å². The van der Waals surface area contributed by atoms with E-state index in [1.165, 1.54) is 6.33 Å². The van der Waals surface area contributed by atoms with E-state index in [0.717, 1.165) is 24.6 Å². The van der Waals surface area contributed by atoms with Crippen LogP contribution in [0.15, 0.2) is 18.2 Å². The van der Waals surface area contributed by atoms with Crippen LogP contribution in [-0.2, 0) is 11.2 Å². The lowest BCUT2D eigenvalue weighted by atomic mass is 10.2. The maximum Gasteiger partial charge on any atom is 0.371 e. The largest absolute Gasteiger partial charge is 0.502 e. The molecule has 2 N–H and O–H groups in total. The van der Waals surface area contributed by atoms with Crippen LogP contribution in [0.3, 0.4) is 0 Å². The standard InChI is InChI=1S/C10H12N2O3/c1-2-3-7-4-8(12-6-11-7)5-9(13)10(14)15/h4-6,13H,2-3H2,1H3,(H,14,15)/b9-5-. The summed E-state index contributed by atoms with van der Waals surface area (Å²) in [5.41, 5.74) is 1.23. The SMILES string of the molecule is CCCc1cc(/C=C(\O)C(=O)O)ncn1. The fourth-order valence-corrected chi connectivity index (χ4v) is 1.09. The molecule has 0 bridgehead atoms. The monoisotopic (exact) mass is 208 g/mol. The molecule has 0 aliphatic carbocycles. The number of aliphatic hydroxyl groups excluding tert-OH is 1. The number of carboxylic acids is 1. The van der Waals surface area contributed by atoms with Gasteiger partial charge in [0.1, 0.15) is 6.33 Å². The molecule has 0 unspecified atom stereocenters. The van der Waals surface area contributed by atoms with Crippen LogP contribution in [0.25, 0.3) is 6.08 Å². The number of aromatic nitrogens is 2. The summed E-state index contributed by atoms with van der Waals surface area (Å²) < 4.78 is 0. The number of nitrogens with zero attached hydrogens (tertiary/aromatic N) is 2. The van der Waals surface area contributed by atoms with Crippen LogP contribution in [0.2, 0.25) is 0 Å². The molecule has 0 amide bonds. The number of hydrogen-bond donors (Lipinski definition) is 2. The van der Waals surface area contributed by atoms with Crippen LogP contribution in [0.5, 0.6) is 0 Å². The maximum atomic E-state index is 10.4. The molecule has 0 saturated heterocycles. The summed E-state index contributed by atoms with van der Waals surface area (Å²) in [7, 11) is 0. The predicted octanol–water partition coefficient (Wildman–Crippen LogP) is 1.41. The molecule has 0 radical (unpaired) electrons. The van der Waals surface area contributed by atoms with Crippen LogP contribution in [0, 0.1) is 0 Å². The van der Waals surface area contributed by atoms with E-state index in [9.17, 15) is 4.79 Å². The van der Waals surface area contributed by atoms with Gasteiger partial charge in [0.05, 0.1) is 5.69 Å². The number of aryl methyl sites for hydroxylation is 1. The van der Waals surface area contributed by atoms with Gasteiger partial charge < -0.3 is 10.2 Å². The number of aliphatic carboxylic acids is 1. The van der Waals surface area contributed by atoms with Gasteiger partial charge in [0.15, 0.2) is 0 Å². The van der Waals surface area contributed by atoms with Crippen molar-refractivity contribution in [3.63, 3.8) is 0 Å². The Bertz CT molecular complexity index is 388. The highest BCUT2D eigenvalue weighted by atomic mass is 16.4. The Balaban J connectivity index is 2.91. The third-order valence-electron chi connectivity index (χ3n) is 1.75. The molecule has 80 valence electrons. The minimum Gasteiger partial charge on any atom is -0.502 e. The number of aliphatic hydroxyl groups is 1. The Labute approximate surface area is 87.1 Å². The van der Waals surface area contributed by atoms with Crippen molar-refractivity contribution >= 4 is 12.0 Å². The summed E-state index contributed by atoms with van der Waals surface area (Å²) in [6.45, 7) is 2.02. The van der Waals surface area contributed by atoms with E-state index in [0.29, 0.717) is 5.69 Å². The molecule has 0 saturated carbocycles. The van der Waals surface area contributed by atoms with Crippen LogP contribution in [0.4, 0.5) is 0 Å². The molecule has 15 heavy (non-hydrogen) atoms. The summed E-state index contributed by atoms with van der Waals surface area (Å²) in [5, 5.41) is 17.5. The molecule has 5 nitrogen and oxygen atoms in total. The van der Waals surface area contributed by atoms with Crippen molar-refractivity contribution in [3.8, 4) is 0 Å². The smallest absolute Gasteiger partial charge is 0.371 e. The van der Waals surface area contributed by atoms with Crippen molar-refractivity contribution in [2.24, 2.45) is 0 Å². The predicted molar refractivity (Wildman–Crippen MR) is 54.3 cm³/mol. The van der Waals surface area contributed by atoms with Gasteiger partial charge in [-0.2, -0.15) is 0 Å². The van der Waals surface area contributed by atoms with Gasteiger partial charge in [0.25, 0.3) is 0 Å². The van der Waals surface area contributed by atoms with Crippen molar-refractivity contribution in [3.05, 3.63) is 29.5 Å². The quantitative estimate of drug-likeness (QED) is 0.577. The van der Waals surface area contributed by atoms with Crippen LogP contribution < -0.4 is 0 Å². The van der Waals surface area contributed by atoms with Crippen molar-refractivity contribution < 1.29 is 15.0 Å². The molecular weight excluding hydrogens is 196 g/mol. The molecule has 0 aromatic carbocycles. The average molecular weight is 208 g/mol. The summed E-state index contributed by atoms with van der Waals surface area (Å²) in [5.74, 6) is -2.10. The molecule has 1 rings (SSSR count). The first-order chi connectivity index (χ1) is 7.13. The van der Waals surface area contributed by atoms with Gasteiger partial charge in [0, 0.05) is 11.8 Å². The molecular formula is C10H12N2O3. The molecule has 1 aromatic rings. The molecule has 1 heterocycles. The first-order valence-electron chi connectivity index (χ1n) is 4.58. The van der Waals surface area contributed by atoms with Crippen LogP contribution in [0.1, 0.15) is 24.7 Å². The highest BCUT2D eigenvalue weighted by molar-refractivity contribution is 5.88. The van der Waals surface area contributed by atoms with Gasteiger partial charge in [0.2, 0.25) is 5.76 Å². The third-order valence-corrected chi connectivity index (χ3v) is 1.75. The summed E-state index contributed by atoms with van der Waals surface area (Å²) in [6.07, 6.45) is 4.21. The zero-order chi connectivity index (χ0) is 11.3. The second-order valence-corrected chi connectivity index (χ2v) is 3.02. The first-order valence-corrected chi connectivity index (χ1v) is 4.58. The van der Waals surface area contributed by atoms with E-state index in [-0.39, 0.29) is 0 Å². The number of rotatable bonds is 4. The molecule has 0 spiro atoms. The molecule has 1 aromatic heterocycles. The molecule has 0 aliphatic heterocycles. The fourth-order valence-electron chi connectivity index (χ4n) is 1.09. The lowest BCUT2D eigenvalue weighted by molar-refractivity contribution is -0.135. The summed E-state index contributed by atoms with van der Waals surface area (Å²) in [6, 6.07) is 1.66.